The van der Waals surface area contributed by atoms with E-state index < -0.39 is 6.10 Å². The summed E-state index contributed by atoms with van der Waals surface area (Å²) < 4.78 is 16.8. The summed E-state index contributed by atoms with van der Waals surface area (Å²) in [6.07, 6.45) is 63.4. The third kappa shape index (κ3) is 50.0. The molecule has 0 bridgehead atoms. The van der Waals surface area contributed by atoms with Crippen LogP contribution >= 0.6 is 0 Å². The number of rotatable bonds is 48. The molecular weight excluding hydrogens is 781 g/mol. The Morgan fingerprint density at radius 1 is 0.317 bits per heavy atom. The standard InChI is InChI=1S/C57H100O6/c1-4-7-10-13-16-19-22-25-28-31-34-37-40-43-46-49-55(58)61-52-54(63-57(60)51-48-45-42-39-36-33-30-27-24-21-18-15-12-9-6-3)53-62-56(59)50-47-44-41-38-35-32-29-26-23-20-17-14-11-8-5-2/h16-17,19-20,25-30,54H,4-15,18,21-24,31-53H2,1-3H3/b19-16+,20-17+,28-25+,29-26+,30-27+. The van der Waals surface area contributed by atoms with Crippen LogP contribution in [0.4, 0.5) is 0 Å². The molecule has 0 aliphatic rings. The van der Waals surface area contributed by atoms with Gasteiger partial charge in [-0.2, -0.15) is 0 Å². The predicted octanol–water partition coefficient (Wildman–Crippen LogP) is 17.6. The Balaban J connectivity index is 4.44. The molecule has 364 valence electrons. The number of allylic oxidation sites excluding steroid dienone is 10. The lowest BCUT2D eigenvalue weighted by Crippen LogP contribution is -2.30. The maximum Gasteiger partial charge on any atom is 0.306 e. The maximum absolute atomic E-state index is 12.8. The average molecular weight is 881 g/mol. The molecular formula is C57H100O6. The highest BCUT2D eigenvalue weighted by atomic mass is 16.6. The van der Waals surface area contributed by atoms with Crippen molar-refractivity contribution >= 4 is 17.9 Å². The molecule has 0 aliphatic carbocycles. The van der Waals surface area contributed by atoms with Gasteiger partial charge in [-0.15, -0.1) is 0 Å². The molecule has 63 heavy (non-hydrogen) atoms. The van der Waals surface area contributed by atoms with E-state index in [-0.39, 0.29) is 31.1 Å². The van der Waals surface area contributed by atoms with Gasteiger partial charge >= 0.3 is 17.9 Å². The number of carbonyl (C=O) groups excluding carboxylic acids is 3. The van der Waals surface area contributed by atoms with Gasteiger partial charge in [0.1, 0.15) is 13.2 Å². The lowest BCUT2D eigenvalue weighted by atomic mass is 10.1. The molecule has 0 aromatic carbocycles. The van der Waals surface area contributed by atoms with Crippen molar-refractivity contribution in [3.63, 3.8) is 0 Å². The quantitative estimate of drug-likeness (QED) is 0.0262. The van der Waals surface area contributed by atoms with E-state index in [1.807, 2.05) is 0 Å². The van der Waals surface area contributed by atoms with Gasteiger partial charge in [0.25, 0.3) is 0 Å². The molecule has 0 saturated heterocycles. The van der Waals surface area contributed by atoms with Gasteiger partial charge in [0.15, 0.2) is 6.10 Å². The number of ether oxygens (including phenoxy) is 3. The van der Waals surface area contributed by atoms with Gasteiger partial charge in [-0.25, -0.2) is 0 Å². The van der Waals surface area contributed by atoms with E-state index in [0.717, 1.165) is 109 Å². The van der Waals surface area contributed by atoms with Crippen LogP contribution in [0.1, 0.15) is 265 Å². The summed E-state index contributed by atoms with van der Waals surface area (Å²) in [6, 6.07) is 0. The molecule has 0 spiro atoms. The van der Waals surface area contributed by atoms with Gasteiger partial charge in [0, 0.05) is 19.3 Å². The third-order valence-electron chi connectivity index (χ3n) is 11.5. The molecule has 0 amide bonds. The van der Waals surface area contributed by atoms with Crippen molar-refractivity contribution in [2.24, 2.45) is 0 Å². The van der Waals surface area contributed by atoms with E-state index in [9.17, 15) is 14.4 Å². The highest BCUT2D eigenvalue weighted by molar-refractivity contribution is 5.71. The first-order chi connectivity index (χ1) is 31.0. The Morgan fingerprint density at radius 3 is 0.921 bits per heavy atom. The van der Waals surface area contributed by atoms with Crippen LogP contribution in [0.2, 0.25) is 0 Å². The molecule has 6 nitrogen and oxygen atoms in total. The second kappa shape index (κ2) is 51.7. The van der Waals surface area contributed by atoms with Crippen molar-refractivity contribution in [1.29, 1.82) is 0 Å². The summed E-state index contributed by atoms with van der Waals surface area (Å²) in [5.41, 5.74) is 0. The van der Waals surface area contributed by atoms with Crippen LogP contribution in [0, 0.1) is 0 Å². The predicted molar refractivity (Wildman–Crippen MR) is 270 cm³/mol. The van der Waals surface area contributed by atoms with Gasteiger partial charge in [-0.1, -0.05) is 197 Å². The van der Waals surface area contributed by atoms with Crippen LogP contribution in [0.25, 0.3) is 0 Å². The maximum atomic E-state index is 12.8. The fraction of sp³-hybridized carbons (Fsp3) is 0.772. The van der Waals surface area contributed by atoms with E-state index in [1.165, 1.54) is 116 Å². The van der Waals surface area contributed by atoms with E-state index in [2.05, 4.69) is 81.5 Å². The Bertz CT molecular complexity index is 1090. The van der Waals surface area contributed by atoms with Gasteiger partial charge in [0.2, 0.25) is 0 Å². The SMILES string of the molecule is CCCCC/C=C/C/C=C/CCCCCCCC(=O)OCC(COC(=O)CCCCCCC/C=C/C/C=C/CCCCC)OC(=O)CCCCCCC/C=C/CCCCCCCC. The van der Waals surface area contributed by atoms with Crippen molar-refractivity contribution < 1.29 is 28.6 Å². The second-order valence-electron chi connectivity index (χ2n) is 17.8. The minimum Gasteiger partial charge on any atom is -0.462 e. The number of unbranched alkanes of at least 4 members (excludes halogenated alkanes) is 27. The van der Waals surface area contributed by atoms with Gasteiger partial charge in [-0.05, 0) is 109 Å². The van der Waals surface area contributed by atoms with Crippen molar-refractivity contribution in [2.75, 3.05) is 13.2 Å². The Morgan fingerprint density at radius 2 is 0.571 bits per heavy atom. The Hall–Kier alpha value is -2.89. The normalized spacial score (nSPS) is 12.1. The van der Waals surface area contributed by atoms with Crippen LogP contribution in [-0.4, -0.2) is 37.2 Å². The molecule has 0 aliphatic heterocycles. The van der Waals surface area contributed by atoms with E-state index in [4.69, 9.17) is 14.2 Å². The first kappa shape index (κ1) is 60.1. The zero-order chi connectivity index (χ0) is 45.8. The molecule has 0 atom stereocenters. The van der Waals surface area contributed by atoms with E-state index >= 15 is 0 Å². The fourth-order valence-corrected chi connectivity index (χ4v) is 7.38. The number of hydrogen-bond acceptors (Lipinski definition) is 6. The molecule has 0 radical (unpaired) electrons. The smallest absolute Gasteiger partial charge is 0.306 e. The van der Waals surface area contributed by atoms with Crippen LogP contribution in [0.15, 0.2) is 60.8 Å². The molecule has 0 fully saturated rings. The molecule has 0 saturated carbocycles. The van der Waals surface area contributed by atoms with Crippen LogP contribution in [0.3, 0.4) is 0 Å². The molecule has 0 N–H and O–H groups in total. The van der Waals surface area contributed by atoms with Crippen LogP contribution in [-0.2, 0) is 28.6 Å². The Kier molecular flexibility index (Phi) is 49.4. The summed E-state index contributed by atoms with van der Waals surface area (Å²) in [7, 11) is 0. The van der Waals surface area contributed by atoms with Gasteiger partial charge < -0.3 is 14.2 Å². The van der Waals surface area contributed by atoms with E-state index in [0.29, 0.717) is 19.3 Å². The summed E-state index contributed by atoms with van der Waals surface area (Å²) in [4.78, 5) is 38.0. The first-order valence-electron chi connectivity index (χ1n) is 26.8. The minimum absolute atomic E-state index is 0.0891. The average Bonchev–Trinajstić information content (AvgIpc) is 3.28. The second-order valence-corrected chi connectivity index (χ2v) is 17.8. The minimum atomic E-state index is -0.789. The highest BCUT2D eigenvalue weighted by Crippen LogP contribution is 2.14. The fourth-order valence-electron chi connectivity index (χ4n) is 7.38. The molecule has 0 aromatic rings. The third-order valence-corrected chi connectivity index (χ3v) is 11.5. The molecule has 6 heteroatoms. The molecule has 0 aromatic heterocycles. The number of hydrogen-bond donors (Lipinski definition) is 0. The molecule has 0 heterocycles. The van der Waals surface area contributed by atoms with Crippen molar-refractivity contribution in [2.45, 2.75) is 271 Å². The monoisotopic (exact) mass is 881 g/mol. The van der Waals surface area contributed by atoms with Crippen molar-refractivity contribution in [3.05, 3.63) is 60.8 Å². The Labute approximate surface area is 390 Å². The summed E-state index contributed by atoms with van der Waals surface area (Å²) in [5.74, 6) is -0.918. The van der Waals surface area contributed by atoms with Crippen molar-refractivity contribution in [1.82, 2.24) is 0 Å². The largest absolute Gasteiger partial charge is 0.462 e. The molecule has 0 rings (SSSR count). The first-order valence-corrected chi connectivity index (χ1v) is 26.8. The van der Waals surface area contributed by atoms with E-state index in [1.54, 1.807) is 0 Å². The summed E-state index contributed by atoms with van der Waals surface area (Å²) >= 11 is 0. The van der Waals surface area contributed by atoms with Crippen LogP contribution < -0.4 is 0 Å². The summed E-state index contributed by atoms with van der Waals surface area (Å²) in [6.45, 7) is 6.56. The lowest BCUT2D eigenvalue weighted by molar-refractivity contribution is -0.167. The number of carbonyl (C=O) groups is 3. The summed E-state index contributed by atoms with van der Waals surface area (Å²) in [5, 5.41) is 0. The lowest BCUT2D eigenvalue weighted by Gasteiger charge is -2.18. The van der Waals surface area contributed by atoms with Gasteiger partial charge in [0.05, 0.1) is 0 Å². The zero-order valence-corrected chi connectivity index (χ0v) is 41.6. The highest BCUT2D eigenvalue weighted by Gasteiger charge is 2.19. The topological polar surface area (TPSA) is 78.9 Å². The van der Waals surface area contributed by atoms with Crippen LogP contribution in [0.5, 0.6) is 0 Å². The van der Waals surface area contributed by atoms with Crippen molar-refractivity contribution in [3.8, 4) is 0 Å². The zero-order valence-electron chi connectivity index (χ0n) is 41.6. The number of esters is 3. The van der Waals surface area contributed by atoms with Gasteiger partial charge in [-0.3, -0.25) is 14.4 Å². The molecule has 0 unspecified atom stereocenters.